The molecule has 1 unspecified atom stereocenters. The molecule has 4 aromatic rings. The number of nitrogens with one attached hydrogen (secondary N) is 1. The first-order chi connectivity index (χ1) is 17.1. The van der Waals surface area contributed by atoms with Crippen molar-refractivity contribution in [3.8, 4) is 11.5 Å². The lowest BCUT2D eigenvalue weighted by molar-refractivity contribution is -0.136. The number of benzene rings is 3. The molecule has 2 N–H and O–H groups in total. The largest absolute Gasteiger partial charge is 0.481 e. The van der Waals surface area contributed by atoms with E-state index >= 15 is 0 Å². The molecular weight excluding hydrogens is 459 g/mol. The number of hydrogen-bond donors (Lipinski definition) is 2. The number of halogens is 1. The number of carbonyl (C=O) groups is 2. The van der Waals surface area contributed by atoms with Gasteiger partial charge in [0.1, 0.15) is 23.0 Å². The number of carbonyl (C=O) groups excluding carboxylic acids is 1. The Balaban J connectivity index is 1.49. The summed E-state index contributed by atoms with van der Waals surface area (Å²) in [5.74, 6) is -0.116. The first kappa shape index (κ1) is 25.0. The van der Waals surface area contributed by atoms with Gasteiger partial charge in [-0.2, -0.15) is 0 Å². The van der Waals surface area contributed by atoms with Gasteiger partial charge < -0.3 is 19.7 Å². The van der Waals surface area contributed by atoms with Crippen molar-refractivity contribution in [2.45, 2.75) is 39.7 Å². The Kier molecular flexibility index (Phi) is 7.10. The van der Waals surface area contributed by atoms with E-state index in [1.807, 2.05) is 63.2 Å². The zero-order chi connectivity index (χ0) is 26.0. The van der Waals surface area contributed by atoms with Crippen molar-refractivity contribution in [3.05, 3.63) is 94.4 Å². The fraction of sp³-hybridized carbons (Fsp3) is 0.241. The van der Waals surface area contributed by atoms with Crippen molar-refractivity contribution in [1.29, 1.82) is 0 Å². The molecule has 36 heavy (non-hydrogen) atoms. The highest BCUT2D eigenvalue weighted by Crippen LogP contribution is 2.28. The van der Waals surface area contributed by atoms with Crippen LogP contribution in [0.25, 0.3) is 10.9 Å². The number of ether oxygens (including phenoxy) is 1. The quantitative estimate of drug-likeness (QED) is 0.308. The van der Waals surface area contributed by atoms with Crippen molar-refractivity contribution in [3.63, 3.8) is 0 Å². The predicted octanol–water partition coefficient (Wildman–Crippen LogP) is 6.23. The molecule has 1 amide bonds. The summed E-state index contributed by atoms with van der Waals surface area (Å²) in [5.41, 5.74) is 4.84. The number of rotatable bonds is 8. The van der Waals surface area contributed by atoms with Gasteiger partial charge in [0.25, 0.3) is 5.91 Å². The van der Waals surface area contributed by atoms with Crippen molar-refractivity contribution >= 4 is 22.8 Å². The third kappa shape index (κ3) is 5.25. The molecule has 7 heteroatoms. The van der Waals surface area contributed by atoms with Gasteiger partial charge in [-0.1, -0.05) is 18.2 Å². The van der Waals surface area contributed by atoms with E-state index in [0.29, 0.717) is 23.6 Å². The second-order valence-corrected chi connectivity index (χ2v) is 9.05. The number of nitrogens with zero attached hydrogens (tertiary/aromatic N) is 1. The zero-order valence-electron chi connectivity index (χ0n) is 20.8. The van der Waals surface area contributed by atoms with Crippen LogP contribution in [-0.4, -0.2) is 21.6 Å². The normalized spacial score (nSPS) is 11.9. The molecule has 4 rings (SSSR count). The molecule has 186 valence electrons. The molecule has 0 aliphatic rings. The van der Waals surface area contributed by atoms with E-state index in [2.05, 4.69) is 5.32 Å². The number of aryl methyl sites for hydroxylation is 4. The van der Waals surface area contributed by atoms with E-state index in [0.717, 1.165) is 33.2 Å². The standard InChI is InChI=1S/C29H29FN2O4/c1-17-14-24(11-8-20(17)9-13-27(33)34)36-23-7-5-6-21(15-23)19(3)31-29(35)28-18(2)25-16-22(30)10-12-26(25)32(28)4/h5-8,10-12,14-16,19H,9,13H2,1-4H3,(H,31,35)(H,33,34). The SMILES string of the molecule is Cc1cc(Oc2cccc(C(C)NC(=O)c3c(C)c4cc(F)ccc4n3C)c2)ccc1CCC(=O)O. The molecule has 0 aliphatic heterocycles. The van der Waals surface area contributed by atoms with Gasteiger partial charge in [-0.3, -0.25) is 9.59 Å². The van der Waals surface area contributed by atoms with E-state index in [1.165, 1.54) is 12.1 Å². The molecule has 0 saturated heterocycles. The topological polar surface area (TPSA) is 80.6 Å². The minimum absolute atomic E-state index is 0.0852. The van der Waals surface area contributed by atoms with Crippen molar-refractivity contribution in [1.82, 2.24) is 9.88 Å². The molecule has 1 atom stereocenters. The van der Waals surface area contributed by atoms with Crippen molar-refractivity contribution < 1.29 is 23.8 Å². The highest BCUT2D eigenvalue weighted by atomic mass is 19.1. The van der Waals surface area contributed by atoms with Crippen LogP contribution < -0.4 is 10.1 Å². The monoisotopic (exact) mass is 488 g/mol. The third-order valence-electron chi connectivity index (χ3n) is 6.49. The van der Waals surface area contributed by atoms with Crippen molar-refractivity contribution in [2.24, 2.45) is 7.05 Å². The second kappa shape index (κ2) is 10.2. The molecule has 0 spiro atoms. The molecule has 0 bridgehead atoms. The average molecular weight is 489 g/mol. The fourth-order valence-electron chi connectivity index (χ4n) is 4.51. The van der Waals surface area contributed by atoms with Gasteiger partial charge in [0.05, 0.1) is 6.04 Å². The van der Waals surface area contributed by atoms with Gasteiger partial charge in [-0.25, -0.2) is 4.39 Å². The lowest BCUT2D eigenvalue weighted by atomic mass is 10.0. The molecule has 0 radical (unpaired) electrons. The van der Waals surface area contributed by atoms with E-state index in [4.69, 9.17) is 9.84 Å². The zero-order valence-corrected chi connectivity index (χ0v) is 20.8. The summed E-state index contributed by atoms with van der Waals surface area (Å²) < 4.78 is 21.6. The second-order valence-electron chi connectivity index (χ2n) is 9.05. The molecule has 3 aromatic carbocycles. The molecular formula is C29H29FN2O4. The van der Waals surface area contributed by atoms with Crippen LogP contribution in [0, 0.1) is 19.7 Å². The van der Waals surface area contributed by atoms with Gasteiger partial charge in [0.15, 0.2) is 0 Å². The van der Waals surface area contributed by atoms with Crippen LogP contribution in [0.4, 0.5) is 4.39 Å². The minimum atomic E-state index is -0.822. The number of aliphatic carboxylic acids is 1. The Labute approximate surface area is 209 Å². The number of amides is 1. The maximum absolute atomic E-state index is 13.7. The molecule has 1 heterocycles. The van der Waals surface area contributed by atoms with E-state index in [9.17, 15) is 14.0 Å². The molecule has 1 aromatic heterocycles. The average Bonchev–Trinajstić information content (AvgIpc) is 3.07. The van der Waals surface area contributed by atoms with E-state index < -0.39 is 5.97 Å². The van der Waals surface area contributed by atoms with Gasteiger partial charge >= 0.3 is 5.97 Å². The summed E-state index contributed by atoms with van der Waals surface area (Å²) in [7, 11) is 1.80. The minimum Gasteiger partial charge on any atom is -0.481 e. The number of fused-ring (bicyclic) bond motifs is 1. The summed E-state index contributed by atoms with van der Waals surface area (Å²) in [5, 5.41) is 12.7. The van der Waals surface area contributed by atoms with Crippen LogP contribution >= 0.6 is 0 Å². The fourth-order valence-corrected chi connectivity index (χ4v) is 4.51. The van der Waals surface area contributed by atoms with Crippen molar-refractivity contribution in [2.75, 3.05) is 0 Å². The highest BCUT2D eigenvalue weighted by molar-refractivity contribution is 6.01. The van der Waals surface area contributed by atoms with Gasteiger partial charge in [0, 0.05) is 24.4 Å². The summed E-state index contributed by atoms with van der Waals surface area (Å²) in [6, 6.07) is 17.3. The van der Waals surface area contributed by atoms with Crippen LogP contribution in [0.3, 0.4) is 0 Å². The summed E-state index contributed by atoms with van der Waals surface area (Å²) in [6.07, 6.45) is 0.557. The number of aromatic nitrogens is 1. The first-order valence-corrected chi connectivity index (χ1v) is 11.8. The molecule has 0 aliphatic carbocycles. The van der Waals surface area contributed by atoms with Crippen LogP contribution in [0.1, 0.15) is 52.1 Å². The Hall–Kier alpha value is -4.13. The number of carboxylic acids is 1. The van der Waals surface area contributed by atoms with Gasteiger partial charge in [-0.05, 0) is 91.9 Å². The predicted molar refractivity (Wildman–Crippen MR) is 137 cm³/mol. The van der Waals surface area contributed by atoms with Crippen LogP contribution in [0.2, 0.25) is 0 Å². The van der Waals surface area contributed by atoms with E-state index in [-0.39, 0.29) is 24.2 Å². The van der Waals surface area contributed by atoms with Crippen LogP contribution in [0.15, 0.2) is 60.7 Å². The summed E-state index contributed by atoms with van der Waals surface area (Å²) in [6.45, 7) is 5.66. The lowest BCUT2D eigenvalue weighted by Crippen LogP contribution is -2.28. The van der Waals surface area contributed by atoms with Crippen LogP contribution in [0.5, 0.6) is 11.5 Å². The molecule has 0 saturated carbocycles. The maximum Gasteiger partial charge on any atom is 0.303 e. The van der Waals surface area contributed by atoms with Gasteiger partial charge in [-0.15, -0.1) is 0 Å². The van der Waals surface area contributed by atoms with Gasteiger partial charge in [0.2, 0.25) is 0 Å². The van der Waals surface area contributed by atoms with Crippen LogP contribution in [-0.2, 0) is 18.3 Å². The highest BCUT2D eigenvalue weighted by Gasteiger charge is 2.21. The molecule has 6 nitrogen and oxygen atoms in total. The maximum atomic E-state index is 13.7. The third-order valence-corrected chi connectivity index (χ3v) is 6.49. The van der Waals surface area contributed by atoms with E-state index in [1.54, 1.807) is 17.7 Å². The first-order valence-electron chi connectivity index (χ1n) is 11.8. The molecule has 0 fully saturated rings. The lowest BCUT2D eigenvalue weighted by Gasteiger charge is -2.17. The smallest absolute Gasteiger partial charge is 0.303 e. The Bertz CT molecular complexity index is 1460. The summed E-state index contributed by atoms with van der Waals surface area (Å²) in [4.78, 5) is 24.0. The Morgan fingerprint density at radius 1 is 1.06 bits per heavy atom. The number of carboxylic acid groups (broad SMARTS) is 1. The number of hydrogen-bond acceptors (Lipinski definition) is 3. The Morgan fingerprint density at radius 2 is 1.81 bits per heavy atom. The summed E-state index contributed by atoms with van der Waals surface area (Å²) >= 11 is 0. The Morgan fingerprint density at radius 3 is 2.53 bits per heavy atom.